The zero-order valence-corrected chi connectivity index (χ0v) is 7.65. The SMILES string of the molecule is CC1=C(C2CC2)C(C)C(Cl)=N1. The molecule has 1 aliphatic heterocycles. The maximum Gasteiger partial charge on any atom is 0.113 e. The van der Waals surface area contributed by atoms with E-state index in [-0.39, 0.29) is 0 Å². The van der Waals surface area contributed by atoms with Crippen molar-refractivity contribution in [2.45, 2.75) is 26.7 Å². The van der Waals surface area contributed by atoms with Crippen molar-refractivity contribution in [1.82, 2.24) is 0 Å². The molecule has 0 aromatic carbocycles. The predicted molar refractivity (Wildman–Crippen MR) is 47.9 cm³/mol. The van der Waals surface area contributed by atoms with E-state index >= 15 is 0 Å². The normalized spacial score (nSPS) is 31.2. The molecule has 0 amide bonds. The highest BCUT2D eigenvalue weighted by molar-refractivity contribution is 6.66. The highest BCUT2D eigenvalue weighted by Gasteiger charge is 2.35. The minimum atomic E-state index is 0.407. The second-order valence-electron chi connectivity index (χ2n) is 3.47. The van der Waals surface area contributed by atoms with E-state index < -0.39 is 0 Å². The average Bonchev–Trinajstić information content (AvgIpc) is 2.68. The van der Waals surface area contributed by atoms with Gasteiger partial charge >= 0.3 is 0 Å². The number of halogens is 1. The minimum Gasteiger partial charge on any atom is -0.245 e. The lowest BCUT2D eigenvalue weighted by atomic mass is 9.98. The van der Waals surface area contributed by atoms with Crippen LogP contribution in [0.3, 0.4) is 0 Å². The van der Waals surface area contributed by atoms with Gasteiger partial charge in [0.05, 0.1) is 0 Å². The van der Waals surface area contributed by atoms with Crippen molar-refractivity contribution in [3.05, 3.63) is 11.3 Å². The first-order valence-electron chi connectivity index (χ1n) is 4.15. The maximum absolute atomic E-state index is 5.93. The third kappa shape index (κ3) is 1.12. The number of hydrogen-bond donors (Lipinski definition) is 0. The van der Waals surface area contributed by atoms with Gasteiger partial charge in [0.25, 0.3) is 0 Å². The van der Waals surface area contributed by atoms with Crippen molar-refractivity contribution in [3.63, 3.8) is 0 Å². The Bertz CT molecular complexity index is 248. The van der Waals surface area contributed by atoms with Gasteiger partial charge in [0.15, 0.2) is 0 Å². The second kappa shape index (κ2) is 2.34. The summed E-state index contributed by atoms with van der Waals surface area (Å²) in [5, 5.41) is 0.782. The van der Waals surface area contributed by atoms with E-state index in [0.29, 0.717) is 5.92 Å². The summed E-state index contributed by atoms with van der Waals surface area (Å²) in [6.07, 6.45) is 2.69. The molecule has 1 saturated carbocycles. The van der Waals surface area contributed by atoms with Gasteiger partial charge in [0.2, 0.25) is 0 Å². The molecular formula is C9H12ClN. The molecule has 11 heavy (non-hydrogen) atoms. The van der Waals surface area contributed by atoms with Crippen molar-refractivity contribution in [2.75, 3.05) is 0 Å². The zero-order chi connectivity index (χ0) is 8.01. The van der Waals surface area contributed by atoms with Crippen LogP contribution in [0, 0.1) is 11.8 Å². The van der Waals surface area contributed by atoms with Crippen LogP contribution in [0.15, 0.2) is 16.3 Å². The van der Waals surface area contributed by atoms with Gasteiger partial charge in [-0.25, -0.2) is 4.99 Å². The average molecular weight is 170 g/mol. The Labute approximate surface area is 72.2 Å². The van der Waals surface area contributed by atoms with Gasteiger partial charge in [-0.1, -0.05) is 18.5 Å². The Kier molecular flexibility index (Phi) is 1.57. The zero-order valence-electron chi connectivity index (χ0n) is 6.89. The number of aliphatic imine (C=N–C) groups is 1. The topological polar surface area (TPSA) is 12.4 Å². The van der Waals surface area contributed by atoms with Crippen molar-refractivity contribution < 1.29 is 0 Å². The Morgan fingerprint density at radius 2 is 2.09 bits per heavy atom. The van der Waals surface area contributed by atoms with E-state index in [1.807, 2.05) is 0 Å². The molecule has 1 aliphatic carbocycles. The van der Waals surface area contributed by atoms with Crippen molar-refractivity contribution in [2.24, 2.45) is 16.8 Å². The molecule has 2 aliphatic rings. The summed E-state index contributed by atoms with van der Waals surface area (Å²) < 4.78 is 0. The Balaban J connectivity index is 2.27. The van der Waals surface area contributed by atoms with Crippen LogP contribution in [-0.2, 0) is 0 Å². The minimum absolute atomic E-state index is 0.407. The molecule has 1 unspecified atom stereocenters. The Morgan fingerprint density at radius 1 is 1.45 bits per heavy atom. The van der Waals surface area contributed by atoms with E-state index in [1.165, 1.54) is 24.1 Å². The van der Waals surface area contributed by atoms with Crippen molar-refractivity contribution in [1.29, 1.82) is 0 Å². The first-order chi connectivity index (χ1) is 5.20. The third-order valence-corrected chi connectivity index (χ3v) is 2.95. The first-order valence-corrected chi connectivity index (χ1v) is 4.52. The molecule has 2 rings (SSSR count). The molecule has 0 aromatic rings. The van der Waals surface area contributed by atoms with E-state index in [4.69, 9.17) is 11.6 Å². The lowest BCUT2D eigenvalue weighted by molar-refractivity contribution is 0.819. The molecule has 1 heterocycles. The maximum atomic E-state index is 5.93. The highest BCUT2D eigenvalue weighted by atomic mass is 35.5. The van der Waals surface area contributed by atoms with E-state index in [0.717, 1.165) is 11.1 Å². The van der Waals surface area contributed by atoms with Crippen LogP contribution >= 0.6 is 11.6 Å². The van der Waals surface area contributed by atoms with E-state index in [1.54, 1.807) is 0 Å². The molecule has 1 nitrogen and oxygen atoms in total. The smallest absolute Gasteiger partial charge is 0.113 e. The van der Waals surface area contributed by atoms with Gasteiger partial charge in [-0.2, -0.15) is 0 Å². The van der Waals surface area contributed by atoms with Crippen LogP contribution in [0.5, 0.6) is 0 Å². The van der Waals surface area contributed by atoms with Crippen LogP contribution in [0.25, 0.3) is 0 Å². The van der Waals surface area contributed by atoms with Crippen LogP contribution in [0.4, 0.5) is 0 Å². The summed E-state index contributed by atoms with van der Waals surface area (Å²) in [6.45, 7) is 4.22. The number of rotatable bonds is 1. The summed E-state index contributed by atoms with van der Waals surface area (Å²) in [6, 6.07) is 0. The molecule has 2 heteroatoms. The highest BCUT2D eigenvalue weighted by Crippen LogP contribution is 2.45. The van der Waals surface area contributed by atoms with E-state index in [2.05, 4.69) is 18.8 Å². The second-order valence-corrected chi connectivity index (χ2v) is 3.86. The van der Waals surface area contributed by atoms with Crippen LogP contribution in [-0.4, -0.2) is 5.17 Å². The molecule has 60 valence electrons. The summed E-state index contributed by atoms with van der Waals surface area (Å²) in [4.78, 5) is 4.27. The van der Waals surface area contributed by atoms with Gasteiger partial charge in [-0.15, -0.1) is 0 Å². The van der Waals surface area contributed by atoms with Gasteiger partial charge < -0.3 is 0 Å². The predicted octanol–water partition coefficient (Wildman–Crippen LogP) is 2.96. The third-order valence-electron chi connectivity index (χ3n) is 2.53. The number of nitrogens with zero attached hydrogens (tertiary/aromatic N) is 1. The molecule has 1 atom stereocenters. The van der Waals surface area contributed by atoms with Gasteiger partial charge in [0.1, 0.15) is 5.17 Å². The molecular weight excluding hydrogens is 158 g/mol. The molecule has 0 radical (unpaired) electrons. The van der Waals surface area contributed by atoms with Gasteiger partial charge in [-0.05, 0) is 31.3 Å². The lowest BCUT2D eigenvalue weighted by Gasteiger charge is -2.06. The molecule has 0 bridgehead atoms. The molecule has 1 fully saturated rings. The van der Waals surface area contributed by atoms with Crippen LogP contribution < -0.4 is 0 Å². The fourth-order valence-electron chi connectivity index (χ4n) is 1.81. The van der Waals surface area contributed by atoms with Gasteiger partial charge in [-0.3, -0.25) is 0 Å². The molecule has 0 N–H and O–H groups in total. The quantitative estimate of drug-likeness (QED) is 0.573. The monoisotopic (exact) mass is 169 g/mol. The standard InChI is InChI=1S/C9H12ClN/c1-5-8(7-3-4-7)6(2)11-9(5)10/h5,7H,3-4H2,1-2H3. The summed E-state index contributed by atoms with van der Waals surface area (Å²) in [5.41, 5.74) is 2.67. The summed E-state index contributed by atoms with van der Waals surface area (Å²) in [5.74, 6) is 1.22. The fraction of sp³-hybridized carbons (Fsp3) is 0.667. The molecule has 0 aromatic heterocycles. The molecule has 0 spiro atoms. The first kappa shape index (κ1) is 7.35. The summed E-state index contributed by atoms with van der Waals surface area (Å²) in [7, 11) is 0. The largest absolute Gasteiger partial charge is 0.245 e. The van der Waals surface area contributed by atoms with Crippen molar-refractivity contribution in [3.8, 4) is 0 Å². The number of hydrogen-bond acceptors (Lipinski definition) is 1. The number of allylic oxidation sites excluding steroid dienone is 2. The Morgan fingerprint density at radius 3 is 2.45 bits per heavy atom. The lowest BCUT2D eigenvalue weighted by Crippen LogP contribution is -2.04. The van der Waals surface area contributed by atoms with E-state index in [9.17, 15) is 0 Å². The van der Waals surface area contributed by atoms with Gasteiger partial charge in [0, 0.05) is 11.6 Å². The fourth-order valence-corrected chi connectivity index (χ4v) is 2.05. The van der Waals surface area contributed by atoms with Crippen molar-refractivity contribution >= 4 is 16.8 Å². The summed E-state index contributed by atoms with van der Waals surface area (Å²) >= 11 is 5.93. The van der Waals surface area contributed by atoms with Crippen LogP contribution in [0.2, 0.25) is 0 Å². The van der Waals surface area contributed by atoms with Crippen LogP contribution in [0.1, 0.15) is 26.7 Å². The molecule has 0 saturated heterocycles. The Hall–Kier alpha value is -0.300.